The molecule has 2 rings (SSSR count). The average molecular weight is 337 g/mol. The number of hydrogen-bond acceptors (Lipinski definition) is 3. The number of anilines is 3. The first-order valence-corrected chi connectivity index (χ1v) is 7.08. The first-order chi connectivity index (χ1) is 11.3. The predicted molar refractivity (Wildman–Crippen MR) is 86.4 cm³/mol. The molecule has 0 atom stereocenters. The molecule has 1 aromatic carbocycles. The van der Waals surface area contributed by atoms with Gasteiger partial charge in [-0.3, -0.25) is 9.48 Å². The Bertz CT molecular complexity index is 732. The second-order valence-corrected chi connectivity index (χ2v) is 5.05. The maximum Gasteiger partial charge on any atom is 0.323 e. The number of nitrogens with one attached hydrogen (secondary N) is 2. The van der Waals surface area contributed by atoms with Crippen LogP contribution in [-0.2, 0) is 11.3 Å². The molecule has 1 heterocycles. The number of alkyl halides is 2. The summed E-state index contributed by atoms with van der Waals surface area (Å²) >= 11 is 0. The number of carbonyl (C=O) groups excluding carboxylic acids is 2. The zero-order valence-electron chi connectivity index (χ0n) is 13.2. The van der Waals surface area contributed by atoms with E-state index >= 15 is 0 Å². The molecule has 0 fully saturated rings. The van der Waals surface area contributed by atoms with E-state index in [4.69, 9.17) is 0 Å². The van der Waals surface area contributed by atoms with Gasteiger partial charge in [0.25, 0.3) is 6.43 Å². The van der Waals surface area contributed by atoms with E-state index in [1.54, 1.807) is 31.3 Å². The van der Waals surface area contributed by atoms with E-state index < -0.39 is 19.0 Å². The molecule has 0 unspecified atom stereocenters. The number of hydrogen-bond donors (Lipinski definition) is 2. The van der Waals surface area contributed by atoms with Crippen LogP contribution in [0.2, 0.25) is 0 Å². The van der Waals surface area contributed by atoms with Crippen molar-refractivity contribution in [2.45, 2.75) is 19.9 Å². The molecule has 24 heavy (non-hydrogen) atoms. The monoisotopic (exact) mass is 337 g/mol. The van der Waals surface area contributed by atoms with E-state index in [0.29, 0.717) is 17.1 Å². The highest BCUT2D eigenvalue weighted by Gasteiger charge is 2.10. The van der Waals surface area contributed by atoms with Crippen molar-refractivity contribution in [2.24, 2.45) is 0 Å². The van der Waals surface area contributed by atoms with Gasteiger partial charge in [-0.05, 0) is 18.2 Å². The molecule has 0 saturated heterocycles. The molecule has 9 heteroatoms. The van der Waals surface area contributed by atoms with Crippen LogP contribution in [0.1, 0.15) is 6.92 Å². The van der Waals surface area contributed by atoms with E-state index in [0.717, 1.165) is 4.68 Å². The lowest BCUT2D eigenvalue weighted by atomic mass is 10.2. The molecule has 0 aliphatic rings. The van der Waals surface area contributed by atoms with E-state index in [-0.39, 0.29) is 5.91 Å². The van der Waals surface area contributed by atoms with Crippen LogP contribution in [0.25, 0.3) is 0 Å². The van der Waals surface area contributed by atoms with Gasteiger partial charge in [0.1, 0.15) is 6.54 Å². The number of urea groups is 1. The van der Waals surface area contributed by atoms with Gasteiger partial charge in [0.05, 0.1) is 11.9 Å². The average Bonchev–Trinajstić information content (AvgIpc) is 2.92. The first-order valence-electron chi connectivity index (χ1n) is 7.08. The van der Waals surface area contributed by atoms with Crippen LogP contribution in [0, 0.1) is 0 Å². The Morgan fingerprint density at radius 3 is 2.67 bits per heavy atom. The molecule has 7 nitrogen and oxygen atoms in total. The Labute approximate surface area is 137 Å². The lowest BCUT2D eigenvalue weighted by molar-refractivity contribution is -0.116. The number of aromatic nitrogens is 2. The van der Waals surface area contributed by atoms with Crippen molar-refractivity contribution >= 4 is 29.0 Å². The predicted octanol–water partition coefficient (Wildman–Crippen LogP) is 2.77. The highest BCUT2D eigenvalue weighted by Crippen LogP contribution is 2.19. The van der Waals surface area contributed by atoms with Gasteiger partial charge in [0, 0.05) is 31.5 Å². The van der Waals surface area contributed by atoms with Gasteiger partial charge in [0.2, 0.25) is 5.91 Å². The number of halogens is 2. The van der Waals surface area contributed by atoms with Crippen molar-refractivity contribution in [1.82, 2.24) is 9.78 Å². The van der Waals surface area contributed by atoms with Gasteiger partial charge >= 0.3 is 6.03 Å². The largest absolute Gasteiger partial charge is 0.323 e. The molecule has 2 N–H and O–H groups in total. The minimum absolute atomic E-state index is 0.136. The molecule has 0 spiro atoms. The van der Waals surface area contributed by atoms with Gasteiger partial charge in [-0.2, -0.15) is 5.10 Å². The Hall–Kier alpha value is -2.97. The van der Waals surface area contributed by atoms with Crippen molar-refractivity contribution in [3.05, 3.63) is 36.7 Å². The molecule has 1 aromatic heterocycles. The summed E-state index contributed by atoms with van der Waals surface area (Å²) in [4.78, 5) is 24.7. The summed E-state index contributed by atoms with van der Waals surface area (Å²) in [5.74, 6) is -0.136. The lowest BCUT2D eigenvalue weighted by Crippen LogP contribution is -2.23. The fraction of sp³-hybridized carbons (Fsp3) is 0.267. The molecular formula is C15H17F2N5O2. The summed E-state index contributed by atoms with van der Waals surface area (Å²) in [7, 11) is 1.62. The summed E-state index contributed by atoms with van der Waals surface area (Å²) in [6.07, 6.45) is 0.0701. The van der Waals surface area contributed by atoms with Crippen LogP contribution in [-0.4, -0.2) is 35.2 Å². The molecule has 0 aliphatic heterocycles. The molecule has 2 aromatic rings. The topological polar surface area (TPSA) is 79.3 Å². The summed E-state index contributed by atoms with van der Waals surface area (Å²) < 4.78 is 25.5. The third-order valence-corrected chi connectivity index (χ3v) is 3.18. The third-order valence-electron chi connectivity index (χ3n) is 3.18. The summed E-state index contributed by atoms with van der Waals surface area (Å²) in [5.41, 5.74) is 1.41. The maximum absolute atomic E-state index is 12.3. The number of rotatable bonds is 5. The third kappa shape index (κ3) is 4.77. The molecule has 0 radical (unpaired) electrons. The molecule has 128 valence electrons. The smallest absolute Gasteiger partial charge is 0.316 e. The van der Waals surface area contributed by atoms with E-state index in [9.17, 15) is 18.4 Å². The number of benzene rings is 1. The molecule has 0 aliphatic carbocycles. The van der Waals surface area contributed by atoms with Crippen LogP contribution in [0.3, 0.4) is 0 Å². The quantitative estimate of drug-likeness (QED) is 0.880. The zero-order valence-corrected chi connectivity index (χ0v) is 13.2. The van der Waals surface area contributed by atoms with Gasteiger partial charge < -0.3 is 15.5 Å². The lowest BCUT2D eigenvalue weighted by Gasteiger charge is -2.16. The SMILES string of the molecule is CC(=O)N(C)c1cccc(NC(=O)Nc2cnn(CC(F)F)c2)c1. The highest BCUT2D eigenvalue weighted by molar-refractivity contribution is 6.00. The van der Waals surface area contributed by atoms with E-state index in [1.807, 2.05) is 0 Å². The molecule has 3 amide bonds. The van der Waals surface area contributed by atoms with Crippen LogP contribution in [0.4, 0.5) is 30.6 Å². The van der Waals surface area contributed by atoms with Crippen molar-refractivity contribution < 1.29 is 18.4 Å². The van der Waals surface area contributed by atoms with Crippen molar-refractivity contribution in [3.8, 4) is 0 Å². The summed E-state index contributed by atoms with van der Waals surface area (Å²) in [6.45, 7) is 0.895. The van der Waals surface area contributed by atoms with Crippen LogP contribution in [0.5, 0.6) is 0 Å². The molecule has 0 bridgehead atoms. The Balaban J connectivity index is 1.98. The Morgan fingerprint density at radius 1 is 1.29 bits per heavy atom. The van der Waals surface area contributed by atoms with E-state index in [2.05, 4.69) is 15.7 Å². The number of amides is 3. The van der Waals surface area contributed by atoms with Gasteiger partial charge in [-0.15, -0.1) is 0 Å². The van der Waals surface area contributed by atoms with Crippen molar-refractivity contribution in [2.75, 3.05) is 22.6 Å². The van der Waals surface area contributed by atoms with Crippen molar-refractivity contribution in [1.29, 1.82) is 0 Å². The van der Waals surface area contributed by atoms with Crippen LogP contribution < -0.4 is 15.5 Å². The Kier molecular flexibility index (Phi) is 5.46. The fourth-order valence-electron chi connectivity index (χ4n) is 1.94. The Morgan fingerprint density at radius 2 is 2.00 bits per heavy atom. The minimum atomic E-state index is -2.52. The maximum atomic E-state index is 12.3. The van der Waals surface area contributed by atoms with Gasteiger partial charge in [-0.25, -0.2) is 13.6 Å². The first kappa shape index (κ1) is 17.4. The highest BCUT2D eigenvalue weighted by atomic mass is 19.3. The fourth-order valence-corrected chi connectivity index (χ4v) is 1.94. The summed E-state index contributed by atoms with van der Waals surface area (Å²) in [6, 6.07) is 6.19. The second-order valence-electron chi connectivity index (χ2n) is 5.05. The second kappa shape index (κ2) is 7.53. The number of nitrogens with zero attached hydrogens (tertiary/aromatic N) is 3. The molecule has 0 saturated carbocycles. The van der Waals surface area contributed by atoms with E-state index in [1.165, 1.54) is 24.2 Å². The molecular weight excluding hydrogens is 320 g/mol. The van der Waals surface area contributed by atoms with Crippen LogP contribution >= 0.6 is 0 Å². The van der Waals surface area contributed by atoms with Gasteiger partial charge in [-0.1, -0.05) is 6.07 Å². The van der Waals surface area contributed by atoms with Gasteiger partial charge in [0.15, 0.2) is 0 Å². The summed E-state index contributed by atoms with van der Waals surface area (Å²) in [5, 5.41) is 8.82. The number of carbonyl (C=O) groups is 2. The standard InChI is InChI=1S/C15H17F2N5O2/c1-10(23)21(2)13-5-3-4-11(6-13)19-15(24)20-12-7-18-22(8-12)9-14(16)17/h3-8,14H,9H2,1-2H3,(H2,19,20,24). The van der Waals surface area contributed by atoms with Crippen molar-refractivity contribution in [3.63, 3.8) is 0 Å². The van der Waals surface area contributed by atoms with Crippen LogP contribution in [0.15, 0.2) is 36.7 Å². The zero-order chi connectivity index (χ0) is 17.7. The minimum Gasteiger partial charge on any atom is -0.316 e. The normalized spacial score (nSPS) is 10.5.